The molecule has 2 aromatic rings. The number of furan rings is 1. The fraction of sp³-hybridized carbons (Fsp3) is 0.412. The van der Waals surface area contributed by atoms with Gasteiger partial charge in [0, 0.05) is 16.7 Å². The van der Waals surface area contributed by atoms with Gasteiger partial charge in [0.15, 0.2) is 0 Å². The zero-order chi connectivity index (χ0) is 14.4. The third kappa shape index (κ3) is 4.15. The highest BCUT2D eigenvalue weighted by Crippen LogP contribution is 2.28. The molecule has 1 heterocycles. The Balaban J connectivity index is 2.03. The zero-order valence-corrected chi connectivity index (χ0v) is 13.3. The van der Waals surface area contributed by atoms with E-state index in [1.54, 1.807) is 6.26 Å². The Morgan fingerprint density at radius 2 is 1.90 bits per heavy atom. The lowest BCUT2D eigenvalue weighted by molar-refractivity contribution is 0.526. The molecule has 2 nitrogen and oxygen atoms in total. The molecule has 3 heteroatoms. The largest absolute Gasteiger partial charge is 0.468 e. The normalized spacial score (nSPS) is 12.6. The lowest BCUT2D eigenvalue weighted by Gasteiger charge is -2.18. The third-order valence-electron chi connectivity index (χ3n) is 3.34. The first-order chi connectivity index (χ1) is 9.70. The standard InChI is InChI=1S/C17H23NOS/c1-4-10-18-16(15-7-5-13(2)6-8-15)12-20-17-9-11-19-14(17)3/h5-9,11,16,18H,4,10,12H2,1-3H3. The first-order valence-corrected chi connectivity index (χ1v) is 8.16. The number of rotatable bonds is 7. The van der Waals surface area contributed by atoms with Crippen molar-refractivity contribution in [1.82, 2.24) is 5.32 Å². The van der Waals surface area contributed by atoms with Crippen LogP contribution in [0.1, 0.15) is 36.3 Å². The lowest BCUT2D eigenvalue weighted by Crippen LogP contribution is -2.24. The summed E-state index contributed by atoms with van der Waals surface area (Å²) in [6, 6.07) is 11.3. The predicted octanol–water partition coefficient (Wildman–Crippen LogP) is 4.73. The summed E-state index contributed by atoms with van der Waals surface area (Å²) in [6.07, 6.45) is 2.91. The van der Waals surface area contributed by atoms with Crippen LogP contribution >= 0.6 is 11.8 Å². The molecule has 1 aromatic heterocycles. The van der Waals surface area contributed by atoms with Crippen LogP contribution in [0.3, 0.4) is 0 Å². The molecular weight excluding hydrogens is 266 g/mol. The van der Waals surface area contributed by atoms with Gasteiger partial charge >= 0.3 is 0 Å². The van der Waals surface area contributed by atoms with Crippen LogP contribution in [-0.2, 0) is 0 Å². The maximum atomic E-state index is 5.36. The highest BCUT2D eigenvalue weighted by atomic mass is 32.2. The van der Waals surface area contributed by atoms with Crippen LogP contribution < -0.4 is 5.32 Å². The van der Waals surface area contributed by atoms with E-state index in [-0.39, 0.29) is 0 Å². The molecule has 0 aliphatic rings. The quantitative estimate of drug-likeness (QED) is 0.746. The summed E-state index contributed by atoms with van der Waals surface area (Å²) < 4.78 is 5.36. The number of aryl methyl sites for hydroxylation is 2. The van der Waals surface area contributed by atoms with E-state index in [4.69, 9.17) is 4.42 Å². The molecule has 0 saturated carbocycles. The SMILES string of the molecule is CCCNC(CSc1ccoc1C)c1ccc(C)cc1. The van der Waals surface area contributed by atoms with Crippen LogP contribution in [0, 0.1) is 13.8 Å². The summed E-state index contributed by atoms with van der Waals surface area (Å²) in [5.41, 5.74) is 2.67. The van der Waals surface area contributed by atoms with Gasteiger partial charge in [0.05, 0.1) is 6.26 Å². The smallest absolute Gasteiger partial charge is 0.114 e. The minimum absolute atomic E-state index is 0.384. The second-order valence-corrected chi connectivity index (χ2v) is 6.13. The van der Waals surface area contributed by atoms with Crippen molar-refractivity contribution in [3.8, 4) is 0 Å². The molecule has 0 aliphatic carbocycles. The van der Waals surface area contributed by atoms with E-state index in [1.165, 1.54) is 16.0 Å². The van der Waals surface area contributed by atoms with Gasteiger partial charge in [-0.1, -0.05) is 36.8 Å². The molecule has 0 amide bonds. The molecule has 108 valence electrons. The van der Waals surface area contributed by atoms with Crippen LogP contribution in [-0.4, -0.2) is 12.3 Å². The van der Waals surface area contributed by atoms with Crippen LogP contribution in [0.25, 0.3) is 0 Å². The van der Waals surface area contributed by atoms with Gasteiger partial charge in [0.2, 0.25) is 0 Å². The van der Waals surface area contributed by atoms with Crippen LogP contribution in [0.5, 0.6) is 0 Å². The Morgan fingerprint density at radius 3 is 2.50 bits per heavy atom. The number of thioether (sulfide) groups is 1. The van der Waals surface area contributed by atoms with Gasteiger partial charge in [-0.25, -0.2) is 0 Å². The van der Waals surface area contributed by atoms with Gasteiger partial charge in [0.1, 0.15) is 5.76 Å². The lowest BCUT2D eigenvalue weighted by atomic mass is 10.1. The Kier molecular flexibility index (Phi) is 5.74. The van der Waals surface area contributed by atoms with Crippen molar-refractivity contribution in [1.29, 1.82) is 0 Å². The summed E-state index contributed by atoms with van der Waals surface area (Å²) in [5.74, 6) is 2.02. The second-order valence-electron chi connectivity index (χ2n) is 5.07. The molecule has 1 unspecified atom stereocenters. The van der Waals surface area contributed by atoms with Crippen LogP contribution in [0.15, 0.2) is 45.9 Å². The van der Waals surface area contributed by atoms with Crippen LogP contribution in [0.4, 0.5) is 0 Å². The third-order valence-corrected chi connectivity index (χ3v) is 4.57. The Morgan fingerprint density at radius 1 is 1.15 bits per heavy atom. The molecule has 0 spiro atoms. The molecular formula is C17H23NOS. The van der Waals surface area contributed by atoms with E-state index < -0.39 is 0 Å². The number of benzene rings is 1. The van der Waals surface area contributed by atoms with Crippen molar-refractivity contribution < 1.29 is 4.42 Å². The Hall–Kier alpha value is -1.19. The minimum atomic E-state index is 0.384. The van der Waals surface area contributed by atoms with Gasteiger partial charge in [-0.2, -0.15) is 0 Å². The number of hydrogen-bond donors (Lipinski definition) is 1. The van der Waals surface area contributed by atoms with Crippen molar-refractivity contribution >= 4 is 11.8 Å². The van der Waals surface area contributed by atoms with Gasteiger partial charge in [-0.3, -0.25) is 0 Å². The molecule has 1 N–H and O–H groups in total. The average molecular weight is 289 g/mol. The highest BCUT2D eigenvalue weighted by molar-refractivity contribution is 7.99. The van der Waals surface area contributed by atoms with E-state index in [2.05, 4.69) is 43.4 Å². The van der Waals surface area contributed by atoms with Gasteiger partial charge in [-0.15, -0.1) is 11.8 Å². The molecule has 1 atom stereocenters. The highest BCUT2D eigenvalue weighted by Gasteiger charge is 2.12. The summed E-state index contributed by atoms with van der Waals surface area (Å²) in [6.45, 7) is 7.39. The first-order valence-electron chi connectivity index (χ1n) is 7.17. The Bertz CT molecular complexity index is 518. The van der Waals surface area contributed by atoms with Gasteiger partial charge < -0.3 is 9.73 Å². The van der Waals surface area contributed by atoms with Gasteiger partial charge in [-0.05, 0) is 38.4 Å². The summed E-state index contributed by atoms with van der Waals surface area (Å²) in [4.78, 5) is 1.24. The monoisotopic (exact) mass is 289 g/mol. The summed E-state index contributed by atoms with van der Waals surface area (Å²) in [7, 11) is 0. The molecule has 0 fully saturated rings. The Labute approximate surface area is 126 Å². The van der Waals surface area contributed by atoms with Crippen molar-refractivity contribution in [2.24, 2.45) is 0 Å². The van der Waals surface area contributed by atoms with Crippen molar-refractivity contribution in [3.63, 3.8) is 0 Å². The van der Waals surface area contributed by atoms with E-state index in [0.29, 0.717) is 6.04 Å². The predicted molar refractivity (Wildman–Crippen MR) is 86.4 cm³/mol. The second kappa shape index (κ2) is 7.55. The van der Waals surface area contributed by atoms with E-state index in [9.17, 15) is 0 Å². The molecule has 0 bridgehead atoms. The molecule has 0 aliphatic heterocycles. The van der Waals surface area contributed by atoms with Crippen LogP contribution in [0.2, 0.25) is 0 Å². The summed E-state index contributed by atoms with van der Waals surface area (Å²) >= 11 is 1.86. The van der Waals surface area contributed by atoms with E-state index in [0.717, 1.165) is 24.5 Å². The molecule has 1 aromatic carbocycles. The average Bonchev–Trinajstić information content (AvgIpc) is 2.86. The fourth-order valence-electron chi connectivity index (χ4n) is 2.09. The van der Waals surface area contributed by atoms with Crippen molar-refractivity contribution in [2.45, 2.75) is 38.1 Å². The first kappa shape index (κ1) is 15.2. The molecule has 20 heavy (non-hydrogen) atoms. The maximum Gasteiger partial charge on any atom is 0.114 e. The minimum Gasteiger partial charge on any atom is -0.468 e. The molecule has 0 saturated heterocycles. The maximum absolute atomic E-state index is 5.36. The van der Waals surface area contributed by atoms with E-state index >= 15 is 0 Å². The van der Waals surface area contributed by atoms with Crippen molar-refractivity contribution in [2.75, 3.05) is 12.3 Å². The van der Waals surface area contributed by atoms with Crippen molar-refractivity contribution in [3.05, 3.63) is 53.5 Å². The number of hydrogen-bond acceptors (Lipinski definition) is 3. The topological polar surface area (TPSA) is 25.2 Å². The van der Waals surface area contributed by atoms with Gasteiger partial charge in [0.25, 0.3) is 0 Å². The molecule has 0 radical (unpaired) electrons. The van der Waals surface area contributed by atoms with E-state index in [1.807, 2.05) is 24.8 Å². The zero-order valence-electron chi connectivity index (χ0n) is 12.5. The number of nitrogens with one attached hydrogen (secondary N) is 1. The fourth-order valence-corrected chi connectivity index (χ4v) is 3.15. The summed E-state index contributed by atoms with van der Waals surface area (Å²) in [5, 5.41) is 3.64. The molecule has 2 rings (SSSR count).